The number of oxazole rings is 1. The van der Waals surface area contributed by atoms with E-state index in [-0.39, 0.29) is 12.4 Å². The molecule has 1 heterocycles. The molecule has 0 N–H and O–H groups in total. The van der Waals surface area contributed by atoms with Gasteiger partial charge in [0.2, 0.25) is 5.89 Å². The predicted molar refractivity (Wildman–Crippen MR) is 70.0 cm³/mol. The minimum atomic E-state index is -0.314. The van der Waals surface area contributed by atoms with E-state index in [2.05, 4.69) is 20.9 Å². The molecule has 0 radical (unpaired) electrons. The first-order chi connectivity index (χ1) is 8.70. The van der Waals surface area contributed by atoms with Gasteiger partial charge in [-0.2, -0.15) is 0 Å². The van der Waals surface area contributed by atoms with Crippen molar-refractivity contribution in [3.8, 4) is 11.5 Å². The average molecular weight is 310 g/mol. The Morgan fingerprint density at radius 3 is 2.78 bits per heavy atom. The molecular formula is C13H12BrNO3. The van der Waals surface area contributed by atoms with Crippen molar-refractivity contribution in [1.82, 2.24) is 4.98 Å². The molecule has 2 rings (SSSR count). The Kier molecular flexibility index (Phi) is 4.15. The van der Waals surface area contributed by atoms with Crippen LogP contribution in [0.2, 0.25) is 0 Å². The summed E-state index contributed by atoms with van der Waals surface area (Å²) in [5.74, 6) is 0.174. The van der Waals surface area contributed by atoms with Crippen molar-refractivity contribution in [1.29, 1.82) is 0 Å². The summed E-state index contributed by atoms with van der Waals surface area (Å²) in [6.07, 6.45) is 0.102. The smallest absolute Gasteiger partial charge is 0.312 e. The summed E-state index contributed by atoms with van der Waals surface area (Å²) in [5, 5.41) is 0. The summed E-state index contributed by atoms with van der Waals surface area (Å²) in [7, 11) is 0. The lowest BCUT2D eigenvalue weighted by atomic mass is 10.2. The normalized spacial score (nSPS) is 10.3. The van der Waals surface area contributed by atoms with Crippen molar-refractivity contribution in [2.75, 3.05) is 6.61 Å². The van der Waals surface area contributed by atoms with Crippen molar-refractivity contribution in [2.45, 2.75) is 13.3 Å². The van der Waals surface area contributed by atoms with E-state index in [1.165, 1.54) is 0 Å². The number of hydrogen-bond donors (Lipinski definition) is 0. The summed E-state index contributed by atoms with van der Waals surface area (Å²) in [6.45, 7) is 2.13. The number of nitrogens with zero attached hydrogens (tertiary/aromatic N) is 1. The maximum Gasteiger partial charge on any atom is 0.312 e. The highest BCUT2D eigenvalue weighted by Crippen LogP contribution is 2.26. The fourth-order valence-electron chi connectivity index (χ4n) is 1.50. The Labute approximate surface area is 113 Å². The van der Waals surface area contributed by atoms with Gasteiger partial charge in [0, 0.05) is 5.56 Å². The van der Waals surface area contributed by atoms with Gasteiger partial charge in [-0.3, -0.25) is 4.79 Å². The second-order valence-electron chi connectivity index (χ2n) is 3.59. The molecule has 0 bridgehead atoms. The lowest BCUT2D eigenvalue weighted by Gasteiger charge is -1.98. The SMILES string of the molecule is CCOC(=O)Cc1nc(-c2ccccc2)oc1Br. The monoisotopic (exact) mass is 309 g/mol. The number of hydrogen-bond acceptors (Lipinski definition) is 4. The molecule has 0 aliphatic carbocycles. The third-order valence-electron chi connectivity index (χ3n) is 2.29. The second kappa shape index (κ2) is 5.82. The van der Waals surface area contributed by atoms with Gasteiger partial charge >= 0.3 is 5.97 Å². The van der Waals surface area contributed by atoms with Crippen LogP contribution in [0.1, 0.15) is 12.6 Å². The number of aromatic nitrogens is 1. The van der Waals surface area contributed by atoms with Gasteiger partial charge in [0.25, 0.3) is 0 Å². The molecule has 0 amide bonds. The molecule has 2 aromatic rings. The summed E-state index contributed by atoms with van der Waals surface area (Å²) in [4.78, 5) is 15.7. The number of rotatable bonds is 4. The van der Waals surface area contributed by atoms with Crippen molar-refractivity contribution < 1.29 is 13.9 Å². The van der Waals surface area contributed by atoms with Crippen LogP contribution in [0.4, 0.5) is 0 Å². The third-order valence-corrected chi connectivity index (χ3v) is 2.91. The molecule has 1 aromatic heterocycles. The minimum absolute atomic E-state index is 0.102. The highest BCUT2D eigenvalue weighted by atomic mass is 79.9. The lowest BCUT2D eigenvalue weighted by Crippen LogP contribution is -2.08. The van der Waals surface area contributed by atoms with Gasteiger partial charge in [-0.15, -0.1) is 0 Å². The van der Waals surface area contributed by atoms with E-state index in [9.17, 15) is 4.79 Å². The Bertz CT molecular complexity index is 536. The first-order valence-corrected chi connectivity index (χ1v) is 6.36. The van der Waals surface area contributed by atoms with Gasteiger partial charge in [-0.25, -0.2) is 4.98 Å². The van der Waals surface area contributed by atoms with Gasteiger partial charge in [0.05, 0.1) is 13.0 Å². The topological polar surface area (TPSA) is 52.3 Å². The first kappa shape index (κ1) is 12.8. The maximum atomic E-state index is 11.4. The second-order valence-corrected chi connectivity index (χ2v) is 4.31. The number of carbonyl (C=O) groups is 1. The van der Waals surface area contributed by atoms with E-state index in [0.29, 0.717) is 22.9 Å². The van der Waals surface area contributed by atoms with E-state index in [1.807, 2.05) is 30.3 Å². The first-order valence-electron chi connectivity index (χ1n) is 5.57. The van der Waals surface area contributed by atoms with Crippen LogP contribution in [0.25, 0.3) is 11.5 Å². The molecule has 18 heavy (non-hydrogen) atoms. The van der Waals surface area contributed by atoms with E-state index in [1.54, 1.807) is 6.92 Å². The van der Waals surface area contributed by atoms with E-state index in [0.717, 1.165) is 5.56 Å². The summed E-state index contributed by atoms with van der Waals surface area (Å²) in [6, 6.07) is 9.51. The third kappa shape index (κ3) is 2.98. The van der Waals surface area contributed by atoms with Crippen molar-refractivity contribution in [2.24, 2.45) is 0 Å². The fourth-order valence-corrected chi connectivity index (χ4v) is 1.88. The predicted octanol–water partition coefficient (Wildman–Crippen LogP) is 3.21. The molecule has 0 unspecified atom stereocenters. The number of benzene rings is 1. The molecular weight excluding hydrogens is 298 g/mol. The summed E-state index contributed by atoms with van der Waals surface area (Å²) >= 11 is 3.26. The van der Waals surface area contributed by atoms with Crippen LogP contribution >= 0.6 is 15.9 Å². The standard InChI is InChI=1S/C13H12BrNO3/c1-2-17-11(16)8-10-12(14)18-13(15-10)9-6-4-3-5-7-9/h3-7H,2,8H2,1H3. The zero-order valence-electron chi connectivity index (χ0n) is 9.85. The Morgan fingerprint density at radius 1 is 1.39 bits per heavy atom. The molecule has 0 aliphatic rings. The van der Waals surface area contributed by atoms with Gasteiger partial charge in [-0.1, -0.05) is 18.2 Å². The van der Waals surface area contributed by atoms with Crippen LogP contribution in [0.3, 0.4) is 0 Å². The van der Waals surface area contributed by atoms with Gasteiger partial charge < -0.3 is 9.15 Å². The number of ether oxygens (including phenoxy) is 1. The minimum Gasteiger partial charge on any atom is -0.466 e. The van der Waals surface area contributed by atoms with Crippen LogP contribution in [0.15, 0.2) is 39.4 Å². The Morgan fingerprint density at radius 2 is 2.11 bits per heavy atom. The maximum absolute atomic E-state index is 11.4. The van der Waals surface area contributed by atoms with E-state index >= 15 is 0 Å². The van der Waals surface area contributed by atoms with Crippen molar-refractivity contribution in [3.05, 3.63) is 40.7 Å². The Hall–Kier alpha value is -1.62. The van der Waals surface area contributed by atoms with Crippen LogP contribution in [-0.4, -0.2) is 17.6 Å². The molecule has 0 aliphatic heterocycles. The zero-order chi connectivity index (χ0) is 13.0. The van der Waals surface area contributed by atoms with Crippen LogP contribution in [0, 0.1) is 0 Å². The van der Waals surface area contributed by atoms with Gasteiger partial charge in [0.1, 0.15) is 5.69 Å². The van der Waals surface area contributed by atoms with Crippen LogP contribution < -0.4 is 0 Å². The highest BCUT2D eigenvalue weighted by molar-refractivity contribution is 9.10. The molecule has 0 atom stereocenters. The largest absolute Gasteiger partial charge is 0.466 e. The number of carbonyl (C=O) groups excluding carboxylic acids is 1. The van der Waals surface area contributed by atoms with Crippen LogP contribution in [-0.2, 0) is 16.0 Å². The lowest BCUT2D eigenvalue weighted by molar-refractivity contribution is -0.142. The number of halogens is 1. The molecule has 1 aromatic carbocycles. The Balaban J connectivity index is 2.20. The summed E-state index contributed by atoms with van der Waals surface area (Å²) in [5.41, 5.74) is 1.42. The molecule has 94 valence electrons. The molecule has 4 nitrogen and oxygen atoms in total. The number of esters is 1. The van der Waals surface area contributed by atoms with Crippen LogP contribution in [0.5, 0.6) is 0 Å². The van der Waals surface area contributed by atoms with E-state index < -0.39 is 0 Å². The quantitative estimate of drug-likeness (QED) is 0.814. The van der Waals surface area contributed by atoms with Crippen molar-refractivity contribution in [3.63, 3.8) is 0 Å². The molecule has 0 spiro atoms. The summed E-state index contributed by atoms with van der Waals surface area (Å²) < 4.78 is 10.8. The molecule has 0 fully saturated rings. The van der Waals surface area contributed by atoms with E-state index in [4.69, 9.17) is 9.15 Å². The van der Waals surface area contributed by atoms with Gasteiger partial charge in [0.15, 0.2) is 4.67 Å². The molecule has 5 heteroatoms. The molecule has 0 saturated heterocycles. The fraction of sp³-hybridized carbons (Fsp3) is 0.231. The molecule has 0 saturated carbocycles. The zero-order valence-corrected chi connectivity index (χ0v) is 11.4. The highest BCUT2D eigenvalue weighted by Gasteiger charge is 2.16. The average Bonchev–Trinajstić information content (AvgIpc) is 2.72. The van der Waals surface area contributed by atoms with Gasteiger partial charge in [-0.05, 0) is 35.0 Å². The van der Waals surface area contributed by atoms with Crippen molar-refractivity contribution >= 4 is 21.9 Å².